The Hall–Kier alpha value is -2.78. The molecular formula is C28H38ClN3O5S. The van der Waals surface area contributed by atoms with Gasteiger partial charge in [-0.05, 0) is 68.5 Å². The van der Waals surface area contributed by atoms with Crippen molar-refractivity contribution in [2.24, 2.45) is 0 Å². The maximum absolute atomic E-state index is 13.5. The van der Waals surface area contributed by atoms with Gasteiger partial charge >= 0.3 is 0 Å². The smallest absolute Gasteiger partial charge is 0.242 e. The van der Waals surface area contributed by atoms with Crippen LogP contribution in [0, 0.1) is 6.92 Å². The van der Waals surface area contributed by atoms with Crippen molar-refractivity contribution < 1.29 is 22.7 Å². The van der Waals surface area contributed by atoms with Crippen LogP contribution >= 0.6 is 11.6 Å². The van der Waals surface area contributed by atoms with E-state index < -0.39 is 16.1 Å². The summed E-state index contributed by atoms with van der Waals surface area (Å²) >= 11 is 6.13. The summed E-state index contributed by atoms with van der Waals surface area (Å²) < 4.78 is 31.7. The Morgan fingerprint density at radius 1 is 1.13 bits per heavy atom. The second-order valence-corrected chi connectivity index (χ2v) is 12.2. The molecule has 2 aromatic carbocycles. The van der Waals surface area contributed by atoms with Crippen LogP contribution in [0.15, 0.2) is 42.5 Å². The van der Waals surface area contributed by atoms with E-state index in [1.807, 2.05) is 31.2 Å². The highest BCUT2D eigenvalue weighted by atomic mass is 35.5. The van der Waals surface area contributed by atoms with E-state index in [1.54, 1.807) is 37.1 Å². The van der Waals surface area contributed by atoms with E-state index >= 15 is 0 Å². The summed E-state index contributed by atoms with van der Waals surface area (Å²) in [6.45, 7) is 3.93. The van der Waals surface area contributed by atoms with E-state index in [4.69, 9.17) is 16.3 Å². The minimum atomic E-state index is -3.60. The Morgan fingerprint density at radius 3 is 2.39 bits per heavy atom. The molecule has 10 heteroatoms. The number of anilines is 1. The molecule has 2 amide bonds. The fraction of sp³-hybridized carbons (Fsp3) is 0.500. The summed E-state index contributed by atoms with van der Waals surface area (Å²) in [7, 11) is -2.01. The lowest BCUT2D eigenvalue weighted by atomic mass is 10.1. The maximum Gasteiger partial charge on any atom is 0.242 e. The van der Waals surface area contributed by atoms with Gasteiger partial charge in [-0.25, -0.2) is 8.42 Å². The maximum atomic E-state index is 13.5. The molecule has 0 aromatic heterocycles. The molecule has 8 nitrogen and oxygen atoms in total. The first kappa shape index (κ1) is 29.8. The number of aryl methyl sites for hydroxylation is 1. The number of amides is 2. The molecule has 0 bridgehead atoms. The molecular weight excluding hydrogens is 526 g/mol. The van der Waals surface area contributed by atoms with Gasteiger partial charge in [-0.2, -0.15) is 0 Å². The minimum Gasteiger partial charge on any atom is -0.497 e. The molecule has 0 heterocycles. The molecule has 1 N–H and O–H groups in total. The molecule has 208 valence electrons. The number of hydrogen-bond donors (Lipinski definition) is 1. The van der Waals surface area contributed by atoms with E-state index in [0.717, 1.165) is 43.1 Å². The number of sulfonamides is 1. The predicted molar refractivity (Wildman–Crippen MR) is 151 cm³/mol. The fourth-order valence-electron chi connectivity index (χ4n) is 4.74. The molecule has 1 atom stereocenters. The lowest BCUT2D eigenvalue weighted by Crippen LogP contribution is -2.49. The molecule has 2 aromatic rings. The number of carbonyl (C=O) groups is 2. The highest BCUT2D eigenvalue weighted by molar-refractivity contribution is 7.92. The lowest BCUT2D eigenvalue weighted by molar-refractivity contribution is -0.141. The van der Waals surface area contributed by atoms with E-state index in [9.17, 15) is 18.0 Å². The zero-order chi connectivity index (χ0) is 27.9. The number of nitrogens with zero attached hydrogens (tertiary/aromatic N) is 2. The van der Waals surface area contributed by atoms with Crippen molar-refractivity contribution in [3.8, 4) is 5.75 Å². The summed E-state index contributed by atoms with van der Waals surface area (Å²) in [5.74, 6) is 0.313. The Labute approximate surface area is 231 Å². The summed E-state index contributed by atoms with van der Waals surface area (Å²) in [5, 5.41) is 3.53. The van der Waals surface area contributed by atoms with Gasteiger partial charge in [0.15, 0.2) is 0 Å². The highest BCUT2D eigenvalue weighted by Gasteiger charge is 2.29. The van der Waals surface area contributed by atoms with Crippen LogP contribution in [0.25, 0.3) is 0 Å². The first-order valence-electron chi connectivity index (χ1n) is 13.0. The van der Waals surface area contributed by atoms with Crippen molar-refractivity contribution in [1.82, 2.24) is 10.2 Å². The first-order valence-corrected chi connectivity index (χ1v) is 15.2. The van der Waals surface area contributed by atoms with Gasteiger partial charge in [-0.1, -0.05) is 42.6 Å². The van der Waals surface area contributed by atoms with Crippen molar-refractivity contribution in [3.63, 3.8) is 0 Å². The molecule has 1 aliphatic rings. The summed E-state index contributed by atoms with van der Waals surface area (Å²) in [4.78, 5) is 28.1. The van der Waals surface area contributed by atoms with Crippen LogP contribution in [0.1, 0.15) is 56.6 Å². The van der Waals surface area contributed by atoms with Crippen LogP contribution < -0.4 is 14.4 Å². The van der Waals surface area contributed by atoms with Gasteiger partial charge in [0.25, 0.3) is 0 Å². The molecule has 0 aliphatic heterocycles. The molecule has 3 rings (SSSR count). The number of benzene rings is 2. The van der Waals surface area contributed by atoms with E-state index in [0.29, 0.717) is 16.5 Å². The van der Waals surface area contributed by atoms with Gasteiger partial charge in [0.2, 0.25) is 21.8 Å². The predicted octanol–water partition coefficient (Wildman–Crippen LogP) is 4.68. The normalized spacial score (nSPS) is 14.7. The van der Waals surface area contributed by atoms with Crippen LogP contribution in [0.2, 0.25) is 5.02 Å². The number of carbonyl (C=O) groups excluding carboxylic acids is 2. The molecule has 0 radical (unpaired) electrons. The number of hydrogen-bond acceptors (Lipinski definition) is 5. The lowest BCUT2D eigenvalue weighted by Gasteiger charge is -2.30. The largest absolute Gasteiger partial charge is 0.497 e. The molecule has 1 aliphatic carbocycles. The van der Waals surface area contributed by atoms with Crippen molar-refractivity contribution in [2.45, 2.75) is 71.0 Å². The third-order valence-electron chi connectivity index (χ3n) is 6.97. The highest BCUT2D eigenvalue weighted by Crippen LogP contribution is 2.27. The van der Waals surface area contributed by atoms with Crippen LogP contribution in [0.3, 0.4) is 0 Å². The van der Waals surface area contributed by atoms with Gasteiger partial charge in [0.1, 0.15) is 11.8 Å². The topological polar surface area (TPSA) is 96.0 Å². The summed E-state index contributed by atoms with van der Waals surface area (Å²) in [6.07, 6.45) is 5.61. The molecule has 0 unspecified atom stereocenters. The average Bonchev–Trinajstić information content (AvgIpc) is 3.39. The van der Waals surface area contributed by atoms with Gasteiger partial charge in [0, 0.05) is 30.6 Å². The second-order valence-electron chi connectivity index (χ2n) is 9.91. The van der Waals surface area contributed by atoms with E-state index in [-0.39, 0.29) is 43.8 Å². The molecule has 0 spiro atoms. The van der Waals surface area contributed by atoms with E-state index in [2.05, 4.69) is 5.32 Å². The quantitative estimate of drug-likeness (QED) is 0.404. The molecule has 0 saturated heterocycles. The van der Waals surface area contributed by atoms with E-state index in [1.165, 1.54) is 4.31 Å². The standard InChI is InChI=1S/C28H38ClN3O5S/c1-20-11-14-23(29)18-26(20)32(38(4,35)36)17-7-10-27(33)31(19-22-12-15-25(37-3)16-13-22)21(2)28(34)30-24-8-5-6-9-24/h11-16,18,21,24H,5-10,17,19H2,1-4H3,(H,30,34)/t21-/m0/s1. The van der Waals surface area contributed by atoms with Gasteiger partial charge in [-0.3, -0.25) is 13.9 Å². The van der Waals surface area contributed by atoms with Crippen LogP contribution in [-0.4, -0.2) is 57.1 Å². The third-order valence-corrected chi connectivity index (χ3v) is 8.39. The Balaban J connectivity index is 1.74. The van der Waals surface area contributed by atoms with Crippen LogP contribution in [0.5, 0.6) is 5.75 Å². The third kappa shape index (κ3) is 8.11. The number of halogens is 1. The monoisotopic (exact) mass is 563 g/mol. The number of ether oxygens (including phenoxy) is 1. The SMILES string of the molecule is COc1ccc(CN(C(=O)CCCN(c2cc(Cl)ccc2C)S(C)(=O)=O)[C@@H](C)C(=O)NC2CCCC2)cc1. The Morgan fingerprint density at radius 2 is 1.79 bits per heavy atom. The fourth-order valence-corrected chi connectivity index (χ4v) is 5.92. The van der Waals surface area contributed by atoms with Crippen molar-refractivity contribution in [3.05, 3.63) is 58.6 Å². The Kier molecular flexibility index (Phi) is 10.4. The average molecular weight is 564 g/mol. The van der Waals surface area contributed by atoms with Gasteiger partial charge < -0.3 is 15.0 Å². The van der Waals surface area contributed by atoms with Crippen molar-refractivity contribution >= 4 is 39.1 Å². The zero-order valence-corrected chi connectivity index (χ0v) is 24.1. The Bertz CT molecular complexity index is 1210. The number of nitrogens with one attached hydrogen (secondary N) is 1. The molecule has 1 fully saturated rings. The van der Waals surface area contributed by atoms with Crippen LogP contribution in [0.4, 0.5) is 5.69 Å². The minimum absolute atomic E-state index is 0.0861. The molecule has 1 saturated carbocycles. The number of rotatable bonds is 12. The summed E-state index contributed by atoms with van der Waals surface area (Å²) in [6, 6.07) is 11.9. The first-order chi connectivity index (χ1) is 18.0. The molecule has 38 heavy (non-hydrogen) atoms. The van der Waals surface area contributed by atoms with Crippen LogP contribution in [-0.2, 0) is 26.2 Å². The van der Waals surface area contributed by atoms with Gasteiger partial charge in [-0.15, -0.1) is 0 Å². The number of methoxy groups -OCH3 is 1. The van der Waals surface area contributed by atoms with Gasteiger partial charge in [0.05, 0.1) is 19.1 Å². The summed E-state index contributed by atoms with van der Waals surface area (Å²) in [5.41, 5.74) is 2.13. The second kappa shape index (κ2) is 13.3. The van der Waals surface area contributed by atoms with Crippen molar-refractivity contribution in [2.75, 3.05) is 24.2 Å². The zero-order valence-electron chi connectivity index (χ0n) is 22.6. The van der Waals surface area contributed by atoms with Crippen molar-refractivity contribution in [1.29, 1.82) is 0 Å².